The molecule has 2 rings (SSSR count). The van der Waals surface area contributed by atoms with E-state index in [1.165, 1.54) is 0 Å². The van der Waals surface area contributed by atoms with Crippen LogP contribution in [0.3, 0.4) is 0 Å². The molecule has 0 aromatic heterocycles. The Bertz CT molecular complexity index is 511. The van der Waals surface area contributed by atoms with E-state index in [-0.39, 0.29) is 18.1 Å². The van der Waals surface area contributed by atoms with Gasteiger partial charge >= 0.3 is 5.69 Å². The first-order valence-corrected chi connectivity index (χ1v) is 7.00. The van der Waals surface area contributed by atoms with Gasteiger partial charge in [-0.1, -0.05) is 17.8 Å². The summed E-state index contributed by atoms with van der Waals surface area (Å²) in [5, 5.41) is 15.0. The van der Waals surface area contributed by atoms with Crippen LogP contribution in [0, 0.1) is 10.1 Å². The van der Waals surface area contributed by atoms with Crippen molar-refractivity contribution < 1.29 is 9.66 Å². The quantitative estimate of drug-likeness (QED) is 0.667. The second kappa shape index (κ2) is 7.96. The molecule has 0 saturated carbocycles. The first-order chi connectivity index (χ1) is 9.20. The van der Waals surface area contributed by atoms with E-state index in [1.807, 2.05) is 6.07 Å². The molecule has 1 aliphatic heterocycles. The summed E-state index contributed by atoms with van der Waals surface area (Å²) in [5.74, 6) is 0.969. The molecule has 8 heteroatoms. The number of nitrogens with one attached hydrogen (secondary N) is 1. The fourth-order valence-electron chi connectivity index (χ4n) is 1.70. The molecule has 0 saturated heterocycles. The third kappa shape index (κ3) is 4.28. The van der Waals surface area contributed by atoms with E-state index in [0.29, 0.717) is 18.1 Å². The summed E-state index contributed by atoms with van der Waals surface area (Å²) < 4.78 is 5.25. The third-order valence-electron chi connectivity index (χ3n) is 2.54. The molecule has 0 aliphatic carbocycles. The van der Waals surface area contributed by atoms with Gasteiger partial charge in [-0.25, -0.2) is 0 Å². The zero-order valence-corrected chi connectivity index (χ0v) is 12.6. The van der Waals surface area contributed by atoms with Gasteiger partial charge in [0.1, 0.15) is 0 Å². The normalized spacial score (nSPS) is 13.2. The Morgan fingerprint density at radius 3 is 2.95 bits per heavy atom. The van der Waals surface area contributed by atoms with E-state index in [1.54, 1.807) is 30.8 Å². The van der Waals surface area contributed by atoms with Crippen LogP contribution < -0.4 is 10.1 Å². The van der Waals surface area contributed by atoms with Gasteiger partial charge in [0.2, 0.25) is 0 Å². The maximum absolute atomic E-state index is 11.0. The Morgan fingerprint density at radius 2 is 2.35 bits per heavy atom. The summed E-state index contributed by atoms with van der Waals surface area (Å²) in [4.78, 5) is 14.8. The van der Waals surface area contributed by atoms with Crippen LogP contribution in [0.1, 0.15) is 12.5 Å². The van der Waals surface area contributed by atoms with Crippen LogP contribution in [0.4, 0.5) is 5.69 Å². The Kier molecular flexibility index (Phi) is 6.60. The smallest absolute Gasteiger partial charge is 0.311 e. The molecular formula is C12H16ClN3O3S. The van der Waals surface area contributed by atoms with Crippen molar-refractivity contribution in [1.82, 2.24) is 5.32 Å². The van der Waals surface area contributed by atoms with Crippen molar-refractivity contribution in [2.45, 2.75) is 12.7 Å². The second-order valence-corrected chi connectivity index (χ2v) is 4.86. The van der Waals surface area contributed by atoms with Crippen LogP contribution in [-0.4, -0.2) is 29.8 Å². The van der Waals surface area contributed by atoms with Crippen LogP contribution in [0.25, 0.3) is 0 Å². The number of aliphatic imine (C=N–C) groups is 1. The van der Waals surface area contributed by atoms with Crippen molar-refractivity contribution in [2.24, 2.45) is 4.99 Å². The first kappa shape index (κ1) is 16.6. The molecular weight excluding hydrogens is 302 g/mol. The van der Waals surface area contributed by atoms with Gasteiger partial charge in [0, 0.05) is 18.4 Å². The average molecular weight is 318 g/mol. The second-order valence-electron chi connectivity index (χ2n) is 3.89. The minimum Gasteiger partial charge on any atom is -0.487 e. The molecule has 110 valence electrons. The van der Waals surface area contributed by atoms with Crippen molar-refractivity contribution in [3.63, 3.8) is 0 Å². The monoisotopic (exact) mass is 317 g/mol. The van der Waals surface area contributed by atoms with Crippen LogP contribution in [0.2, 0.25) is 0 Å². The molecule has 6 nitrogen and oxygen atoms in total. The van der Waals surface area contributed by atoms with Gasteiger partial charge in [-0.15, -0.1) is 12.4 Å². The molecule has 0 amide bonds. The van der Waals surface area contributed by atoms with Gasteiger partial charge in [0.15, 0.2) is 10.9 Å². The number of nitro benzene ring substituents is 1. The zero-order chi connectivity index (χ0) is 13.7. The highest BCUT2D eigenvalue weighted by atomic mass is 35.5. The Balaban J connectivity index is 0.00000200. The number of hydrogen-bond acceptors (Lipinski definition) is 6. The standard InChI is InChI=1S/C12H15N3O3S.ClH/c1-2-18-11-4-3-9(7-10(11)15(16)17)8-19-12-13-5-6-14-12;/h3-4,7H,2,5-6,8H2,1H3,(H,13,14);1H. The molecule has 1 aromatic carbocycles. The highest BCUT2D eigenvalue weighted by Crippen LogP contribution is 2.29. The number of nitrogens with zero attached hydrogens (tertiary/aromatic N) is 2. The predicted octanol–water partition coefficient (Wildman–Crippen LogP) is 2.61. The zero-order valence-electron chi connectivity index (χ0n) is 11.0. The van der Waals surface area contributed by atoms with Gasteiger partial charge in [-0.3, -0.25) is 15.1 Å². The summed E-state index contributed by atoms with van der Waals surface area (Å²) in [5.41, 5.74) is 0.901. The fraction of sp³-hybridized carbons (Fsp3) is 0.417. The van der Waals surface area contributed by atoms with Gasteiger partial charge in [0.25, 0.3) is 0 Å². The van der Waals surface area contributed by atoms with Gasteiger partial charge in [0.05, 0.1) is 18.1 Å². The van der Waals surface area contributed by atoms with Crippen molar-refractivity contribution in [3.05, 3.63) is 33.9 Å². The summed E-state index contributed by atoms with van der Waals surface area (Å²) >= 11 is 1.55. The van der Waals surface area contributed by atoms with Crippen LogP contribution >= 0.6 is 24.2 Å². The number of hydrogen-bond donors (Lipinski definition) is 1. The SMILES string of the molecule is CCOc1ccc(CSC2=NCCN2)cc1[N+](=O)[O-].Cl. The molecule has 1 aliphatic rings. The number of ether oxygens (including phenoxy) is 1. The molecule has 0 fully saturated rings. The lowest BCUT2D eigenvalue weighted by Gasteiger charge is -2.06. The summed E-state index contributed by atoms with van der Waals surface area (Å²) in [6.07, 6.45) is 0. The van der Waals surface area contributed by atoms with Gasteiger partial charge in [-0.05, 0) is 18.6 Å². The third-order valence-corrected chi connectivity index (χ3v) is 3.56. The molecule has 20 heavy (non-hydrogen) atoms. The van der Waals surface area contributed by atoms with E-state index >= 15 is 0 Å². The van der Waals surface area contributed by atoms with E-state index in [2.05, 4.69) is 10.3 Å². The maximum Gasteiger partial charge on any atom is 0.311 e. The Hall–Kier alpha value is -1.47. The highest BCUT2D eigenvalue weighted by Gasteiger charge is 2.16. The number of rotatable bonds is 5. The van der Waals surface area contributed by atoms with E-state index in [4.69, 9.17) is 4.74 Å². The number of nitro groups is 1. The molecule has 0 spiro atoms. The number of halogens is 1. The predicted molar refractivity (Wildman–Crippen MR) is 83.1 cm³/mol. The number of amidine groups is 1. The molecule has 0 unspecified atom stereocenters. The lowest BCUT2D eigenvalue weighted by atomic mass is 10.2. The maximum atomic E-state index is 11.0. The minimum absolute atomic E-state index is 0. The topological polar surface area (TPSA) is 76.8 Å². The highest BCUT2D eigenvalue weighted by molar-refractivity contribution is 8.13. The molecule has 1 aromatic rings. The van der Waals surface area contributed by atoms with Crippen molar-refractivity contribution in [1.29, 1.82) is 0 Å². The van der Waals surface area contributed by atoms with E-state index in [9.17, 15) is 10.1 Å². The summed E-state index contributed by atoms with van der Waals surface area (Å²) in [7, 11) is 0. The van der Waals surface area contributed by atoms with Crippen molar-refractivity contribution >= 4 is 35.0 Å². The minimum atomic E-state index is -0.412. The fourth-order valence-corrected chi connectivity index (χ4v) is 2.57. The Morgan fingerprint density at radius 1 is 1.55 bits per heavy atom. The summed E-state index contributed by atoms with van der Waals surface area (Å²) in [6.45, 7) is 3.88. The first-order valence-electron chi connectivity index (χ1n) is 6.02. The van der Waals surface area contributed by atoms with Crippen LogP contribution in [-0.2, 0) is 5.75 Å². The molecule has 0 atom stereocenters. The van der Waals surface area contributed by atoms with Crippen LogP contribution in [0.5, 0.6) is 5.75 Å². The lowest BCUT2D eigenvalue weighted by Crippen LogP contribution is -2.15. The lowest BCUT2D eigenvalue weighted by molar-refractivity contribution is -0.385. The number of thioether (sulfide) groups is 1. The number of benzene rings is 1. The molecule has 0 radical (unpaired) electrons. The molecule has 1 heterocycles. The van der Waals surface area contributed by atoms with E-state index in [0.717, 1.165) is 23.8 Å². The average Bonchev–Trinajstić information content (AvgIpc) is 2.91. The molecule has 0 bridgehead atoms. The van der Waals surface area contributed by atoms with Crippen LogP contribution in [0.15, 0.2) is 23.2 Å². The van der Waals surface area contributed by atoms with Crippen molar-refractivity contribution in [2.75, 3.05) is 19.7 Å². The van der Waals surface area contributed by atoms with E-state index < -0.39 is 4.92 Å². The Labute approximate surface area is 127 Å². The summed E-state index contributed by atoms with van der Waals surface area (Å²) in [6, 6.07) is 5.06. The van der Waals surface area contributed by atoms with Crippen molar-refractivity contribution in [3.8, 4) is 5.75 Å². The van der Waals surface area contributed by atoms with Gasteiger partial charge < -0.3 is 10.1 Å². The largest absolute Gasteiger partial charge is 0.487 e. The van der Waals surface area contributed by atoms with Gasteiger partial charge in [-0.2, -0.15) is 0 Å². The molecule has 1 N–H and O–H groups in total.